The van der Waals surface area contributed by atoms with Crippen LogP contribution >= 0.6 is 12.4 Å². The molecule has 0 amide bonds. The molecule has 6 heteroatoms. The monoisotopic (exact) mass is 380 g/mol. The zero-order valence-electron chi connectivity index (χ0n) is 14.8. The lowest BCUT2D eigenvalue weighted by Crippen LogP contribution is -2.40. The van der Waals surface area contributed by atoms with Crippen LogP contribution in [0.2, 0.25) is 0 Å². The number of rotatable bonds is 8. The van der Waals surface area contributed by atoms with Crippen LogP contribution in [-0.2, 0) is 17.9 Å². The van der Waals surface area contributed by atoms with E-state index in [2.05, 4.69) is 10.2 Å². The summed E-state index contributed by atoms with van der Waals surface area (Å²) in [6.45, 7) is 6.56. The molecule has 1 aliphatic heterocycles. The van der Waals surface area contributed by atoms with Crippen molar-refractivity contribution in [3.05, 3.63) is 65.5 Å². The van der Waals surface area contributed by atoms with Gasteiger partial charge in [-0.25, -0.2) is 4.39 Å². The molecule has 1 fully saturated rings. The molecule has 0 aliphatic carbocycles. The molecule has 0 radical (unpaired) electrons. The van der Waals surface area contributed by atoms with Gasteiger partial charge in [-0.05, 0) is 12.1 Å². The van der Waals surface area contributed by atoms with Crippen LogP contribution < -0.4 is 10.1 Å². The number of hydrogen-bond donors (Lipinski definition) is 1. The van der Waals surface area contributed by atoms with E-state index in [1.807, 2.05) is 30.3 Å². The van der Waals surface area contributed by atoms with Gasteiger partial charge in [-0.15, -0.1) is 12.4 Å². The van der Waals surface area contributed by atoms with Gasteiger partial charge in [0.15, 0.2) is 0 Å². The van der Waals surface area contributed by atoms with Crippen molar-refractivity contribution in [2.24, 2.45) is 0 Å². The number of benzene rings is 2. The second kappa shape index (κ2) is 11.1. The van der Waals surface area contributed by atoms with E-state index in [9.17, 15) is 4.39 Å². The predicted octanol–water partition coefficient (Wildman–Crippen LogP) is 3.25. The molecule has 1 N–H and O–H groups in total. The summed E-state index contributed by atoms with van der Waals surface area (Å²) in [6.07, 6.45) is 0. The minimum absolute atomic E-state index is 0. The van der Waals surface area contributed by atoms with Crippen molar-refractivity contribution >= 4 is 12.4 Å². The minimum atomic E-state index is -0.233. The first-order valence-electron chi connectivity index (χ1n) is 8.78. The smallest absolute Gasteiger partial charge is 0.129 e. The van der Waals surface area contributed by atoms with Crippen molar-refractivity contribution in [1.29, 1.82) is 0 Å². The number of hydrogen-bond acceptors (Lipinski definition) is 4. The molecule has 4 nitrogen and oxygen atoms in total. The lowest BCUT2D eigenvalue weighted by molar-refractivity contribution is 0.0384. The molecule has 142 valence electrons. The van der Waals surface area contributed by atoms with Crippen molar-refractivity contribution < 1.29 is 13.9 Å². The number of nitrogens with one attached hydrogen (secondary N) is 1. The molecule has 0 aromatic heterocycles. The van der Waals surface area contributed by atoms with Gasteiger partial charge >= 0.3 is 0 Å². The number of ether oxygens (including phenoxy) is 2. The Balaban J connectivity index is 0.00000243. The van der Waals surface area contributed by atoms with Gasteiger partial charge in [-0.3, -0.25) is 4.90 Å². The third kappa shape index (κ3) is 6.25. The topological polar surface area (TPSA) is 33.7 Å². The summed E-state index contributed by atoms with van der Waals surface area (Å²) < 4.78 is 24.9. The summed E-state index contributed by atoms with van der Waals surface area (Å²) in [4.78, 5) is 2.40. The van der Waals surface area contributed by atoms with Gasteiger partial charge in [0.05, 0.1) is 13.2 Å². The van der Waals surface area contributed by atoms with Gasteiger partial charge < -0.3 is 14.8 Å². The lowest BCUT2D eigenvalue weighted by atomic mass is 10.2. The maximum Gasteiger partial charge on any atom is 0.129 e. The Hall–Kier alpha value is -1.66. The second-order valence-corrected chi connectivity index (χ2v) is 6.12. The quantitative estimate of drug-likeness (QED) is 0.713. The minimum Gasteiger partial charge on any atom is -0.488 e. The largest absolute Gasteiger partial charge is 0.488 e. The molecule has 1 saturated heterocycles. The van der Waals surface area contributed by atoms with Crippen molar-refractivity contribution in [3.63, 3.8) is 0 Å². The standard InChI is InChI=1S/C20H25FN2O2.ClH/c21-19-7-3-1-6-18(19)16-25-20-8-4-2-5-17(20)15-22-9-10-23-11-13-24-14-12-23;/h1-8,22H,9-16H2;1H. The average Bonchev–Trinajstić information content (AvgIpc) is 2.66. The molecule has 3 rings (SSSR count). The summed E-state index contributed by atoms with van der Waals surface area (Å²) in [5, 5.41) is 3.46. The van der Waals surface area contributed by atoms with Crippen molar-refractivity contribution in [3.8, 4) is 5.75 Å². The highest BCUT2D eigenvalue weighted by Crippen LogP contribution is 2.20. The molecule has 0 spiro atoms. The van der Waals surface area contributed by atoms with Crippen LogP contribution in [0.3, 0.4) is 0 Å². The maximum atomic E-state index is 13.7. The van der Waals surface area contributed by atoms with E-state index in [1.54, 1.807) is 12.1 Å². The van der Waals surface area contributed by atoms with Crippen LogP contribution in [0.4, 0.5) is 4.39 Å². The van der Waals surface area contributed by atoms with Crippen LogP contribution in [0.15, 0.2) is 48.5 Å². The van der Waals surface area contributed by atoms with Gasteiger partial charge in [-0.1, -0.05) is 36.4 Å². The molecule has 0 bridgehead atoms. The molecular weight excluding hydrogens is 355 g/mol. The molecule has 0 atom stereocenters. The first kappa shape index (κ1) is 20.6. The molecule has 1 aliphatic rings. The van der Waals surface area contributed by atoms with Crippen LogP contribution in [0.25, 0.3) is 0 Å². The SMILES string of the molecule is Cl.Fc1ccccc1COc1ccccc1CNCCN1CCOCC1. The Bertz CT molecular complexity index is 666. The van der Waals surface area contributed by atoms with Crippen molar-refractivity contribution in [1.82, 2.24) is 10.2 Å². The summed E-state index contributed by atoms with van der Waals surface area (Å²) in [6, 6.07) is 14.6. The number of nitrogens with zero attached hydrogens (tertiary/aromatic N) is 1. The van der Waals surface area contributed by atoms with E-state index in [4.69, 9.17) is 9.47 Å². The number of para-hydroxylation sites is 1. The van der Waals surface area contributed by atoms with Crippen LogP contribution in [-0.4, -0.2) is 44.3 Å². The van der Waals surface area contributed by atoms with Gasteiger partial charge in [0.1, 0.15) is 18.2 Å². The molecule has 0 saturated carbocycles. The van der Waals surface area contributed by atoms with Crippen LogP contribution in [0.1, 0.15) is 11.1 Å². The first-order valence-corrected chi connectivity index (χ1v) is 8.78. The molecule has 1 heterocycles. The summed E-state index contributed by atoms with van der Waals surface area (Å²) >= 11 is 0. The summed E-state index contributed by atoms with van der Waals surface area (Å²) in [7, 11) is 0. The fourth-order valence-corrected chi connectivity index (χ4v) is 2.85. The van der Waals surface area contributed by atoms with E-state index >= 15 is 0 Å². The Kier molecular flexibility index (Phi) is 8.85. The van der Waals surface area contributed by atoms with Gasteiger partial charge in [0.2, 0.25) is 0 Å². The highest BCUT2D eigenvalue weighted by molar-refractivity contribution is 5.85. The predicted molar refractivity (Wildman–Crippen MR) is 103 cm³/mol. The molecule has 2 aromatic carbocycles. The first-order chi connectivity index (χ1) is 12.3. The van der Waals surface area contributed by atoms with Gasteiger partial charge in [0, 0.05) is 43.9 Å². The van der Waals surface area contributed by atoms with Gasteiger partial charge in [0.25, 0.3) is 0 Å². The second-order valence-electron chi connectivity index (χ2n) is 6.12. The zero-order valence-corrected chi connectivity index (χ0v) is 15.6. The van der Waals surface area contributed by atoms with E-state index in [1.165, 1.54) is 6.07 Å². The maximum absolute atomic E-state index is 13.7. The Labute approximate surface area is 160 Å². The van der Waals surface area contributed by atoms with Crippen LogP contribution in [0, 0.1) is 5.82 Å². The molecular formula is C20H26ClFN2O2. The van der Waals surface area contributed by atoms with Crippen LogP contribution in [0.5, 0.6) is 5.75 Å². The fourth-order valence-electron chi connectivity index (χ4n) is 2.85. The van der Waals surface area contributed by atoms with E-state index in [0.29, 0.717) is 5.56 Å². The van der Waals surface area contributed by atoms with Crippen molar-refractivity contribution in [2.45, 2.75) is 13.2 Å². The third-order valence-electron chi connectivity index (χ3n) is 4.34. The number of morpholine rings is 1. The Morgan fingerprint density at radius 1 is 1.00 bits per heavy atom. The zero-order chi connectivity index (χ0) is 17.3. The lowest BCUT2D eigenvalue weighted by Gasteiger charge is -2.26. The fraction of sp³-hybridized carbons (Fsp3) is 0.400. The van der Waals surface area contributed by atoms with Gasteiger partial charge in [-0.2, -0.15) is 0 Å². The highest BCUT2D eigenvalue weighted by atomic mass is 35.5. The summed E-state index contributed by atoms with van der Waals surface area (Å²) in [5.41, 5.74) is 1.65. The highest BCUT2D eigenvalue weighted by Gasteiger charge is 2.10. The van der Waals surface area contributed by atoms with E-state index in [0.717, 1.165) is 57.3 Å². The van der Waals surface area contributed by atoms with E-state index < -0.39 is 0 Å². The molecule has 26 heavy (non-hydrogen) atoms. The Morgan fingerprint density at radius 2 is 1.69 bits per heavy atom. The Morgan fingerprint density at radius 3 is 2.46 bits per heavy atom. The average molecular weight is 381 g/mol. The summed E-state index contributed by atoms with van der Waals surface area (Å²) in [5.74, 6) is 0.563. The molecule has 2 aromatic rings. The van der Waals surface area contributed by atoms with Crippen molar-refractivity contribution in [2.75, 3.05) is 39.4 Å². The third-order valence-corrected chi connectivity index (χ3v) is 4.34. The normalized spacial score (nSPS) is 14.7. The molecule has 0 unspecified atom stereocenters. The van der Waals surface area contributed by atoms with E-state index in [-0.39, 0.29) is 24.8 Å². The number of halogens is 2.